The zero-order chi connectivity index (χ0) is 11.4. The number of halogens is 1. The molecule has 0 saturated heterocycles. The van der Waals surface area contributed by atoms with Crippen molar-refractivity contribution in [1.29, 1.82) is 5.26 Å². The third kappa shape index (κ3) is 2.07. The maximum Gasteiger partial charge on any atom is 0.175 e. The van der Waals surface area contributed by atoms with E-state index in [4.69, 9.17) is 14.7 Å². The fraction of sp³-hybridized carbons (Fsp3) is 0.364. The maximum absolute atomic E-state index is 8.99. The van der Waals surface area contributed by atoms with Crippen molar-refractivity contribution >= 4 is 15.9 Å². The summed E-state index contributed by atoms with van der Waals surface area (Å²) in [5, 5.41) is 8.99. The molecule has 0 heterocycles. The predicted molar refractivity (Wildman–Crippen MR) is 61.3 cm³/mol. The largest absolute Gasteiger partial charge is 0.492 e. The van der Waals surface area contributed by atoms with Crippen LogP contribution in [0.25, 0.3) is 0 Å². The summed E-state index contributed by atoms with van der Waals surface area (Å²) in [6, 6.07) is 3.90. The van der Waals surface area contributed by atoms with Crippen molar-refractivity contribution in [2.45, 2.75) is 13.3 Å². The van der Waals surface area contributed by atoms with Crippen molar-refractivity contribution in [2.24, 2.45) is 0 Å². The molecule has 0 aliphatic heterocycles. The van der Waals surface area contributed by atoms with Gasteiger partial charge in [-0.2, -0.15) is 5.26 Å². The van der Waals surface area contributed by atoms with Gasteiger partial charge in [-0.3, -0.25) is 0 Å². The standard InChI is InChI=1S/C11H12BrNO2/c1-4-8-7(6-13)5-9(12)11(15-3)10(8)14-2/h5H,4H2,1-3H3. The second-order valence-electron chi connectivity index (χ2n) is 2.92. The van der Waals surface area contributed by atoms with Crippen LogP contribution in [0.15, 0.2) is 10.5 Å². The highest BCUT2D eigenvalue weighted by Gasteiger charge is 2.16. The molecule has 0 aliphatic rings. The van der Waals surface area contributed by atoms with E-state index >= 15 is 0 Å². The molecular weight excluding hydrogens is 258 g/mol. The zero-order valence-electron chi connectivity index (χ0n) is 8.93. The van der Waals surface area contributed by atoms with Crippen LogP contribution >= 0.6 is 15.9 Å². The lowest BCUT2D eigenvalue weighted by molar-refractivity contribution is 0.350. The molecule has 0 aliphatic carbocycles. The highest BCUT2D eigenvalue weighted by atomic mass is 79.9. The summed E-state index contributed by atoms with van der Waals surface area (Å²) in [5.41, 5.74) is 1.49. The van der Waals surface area contributed by atoms with Gasteiger partial charge in [0.25, 0.3) is 0 Å². The Morgan fingerprint density at radius 2 is 1.93 bits per heavy atom. The van der Waals surface area contributed by atoms with Crippen LogP contribution in [-0.4, -0.2) is 14.2 Å². The van der Waals surface area contributed by atoms with Crippen LogP contribution in [0, 0.1) is 11.3 Å². The topological polar surface area (TPSA) is 42.2 Å². The van der Waals surface area contributed by atoms with Gasteiger partial charge < -0.3 is 9.47 Å². The van der Waals surface area contributed by atoms with Crippen LogP contribution < -0.4 is 9.47 Å². The number of nitrogens with zero attached hydrogens (tertiary/aromatic N) is 1. The summed E-state index contributed by atoms with van der Waals surface area (Å²) < 4.78 is 11.2. The second kappa shape index (κ2) is 5.04. The summed E-state index contributed by atoms with van der Waals surface area (Å²) in [5.74, 6) is 1.26. The lowest BCUT2D eigenvalue weighted by Crippen LogP contribution is -1.99. The Morgan fingerprint density at radius 1 is 1.33 bits per heavy atom. The van der Waals surface area contributed by atoms with Gasteiger partial charge in [0.15, 0.2) is 11.5 Å². The van der Waals surface area contributed by atoms with Crippen LogP contribution in [0.4, 0.5) is 0 Å². The molecule has 1 rings (SSSR count). The van der Waals surface area contributed by atoms with Crippen LogP contribution in [0.3, 0.4) is 0 Å². The fourth-order valence-corrected chi connectivity index (χ4v) is 2.07. The van der Waals surface area contributed by atoms with E-state index in [9.17, 15) is 0 Å². The summed E-state index contributed by atoms with van der Waals surface area (Å²) in [6.07, 6.45) is 0.732. The summed E-state index contributed by atoms with van der Waals surface area (Å²) in [4.78, 5) is 0. The molecule has 0 radical (unpaired) electrons. The highest BCUT2D eigenvalue weighted by Crippen LogP contribution is 2.40. The van der Waals surface area contributed by atoms with Crippen molar-refractivity contribution in [2.75, 3.05) is 14.2 Å². The quantitative estimate of drug-likeness (QED) is 0.848. The van der Waals surface area contributed by atoms with Crippen molar-refractivity contribution in [1.82, 2.24) is 0 Å². The third-order valence-corrected chi connectivity index (χ3v) is 2.76. The summed E-state index contributed by atoms with van der Waals surface area (Å²) in [7, 11) is 3.15. The molecule has 0 fully saturated rings. The van der Waals surface area contributed by atoms with Crippen molar-refractivity contribution in [3.63, 3.8) is 0 Å². The first kappa shape index (κ1) is 11.9. The molecule has 1 aromatic carbocycles. The SMILES string of the molecule is CCc1c(C#N)cc(Br)c(OC)c1OC. The zero-order valence-corrected chi connectivity index (χ0v) is 10.5. The van der Waals surface area contributed by atoms with Crippen LogP contribution in [0.2, 0.25) is 0 Å². The molecule has 0 spiro atoms. The first-order valence-electron chi connectivity index (χ1n) is 4.53. The third-order valence-electron chi connectivity index (χ3n) is 2.18. The number of benzene rings is 1. The van der Waals surface area contributed by atoms with Gasteiger partial charge in [-0.05, 0) is 28.4 Å². The molecule has 0 atom stereocenters. The first-order chi connectivity index (χ1) is 7.19. The Hall–Kier alpha value is -1.21. The molecule has 0 unspecified atom stereocenters. The normalized spacial score (nSPS) is 9.53. The second-order valence-corrected chi connectivity index (χ2v) is 3.77. The maximum atomic E-state index is 8.99. The molecule has 0 saturated carbocycles. The molecular formula is C11H12BrNO2. The Kier molecular flexibility index (Phi) is 3.98. The van der Waals surface area contributed by atoms with E-state index in [2.05, 4.69) is 22.0 Å². The van der Waals surface area contributed by atoms with Crippen molar-refractivity contribution in [3.8, 4) is 17.6 Å². The predicted octanol–water partition coefficient (Wildman–Crippen LogP) is 2.90. The molecule has 0 N–H and O–H groups in total. The van der Waals surface area contributed by atoms with E-state index in [0.717, 1.165) is 16.5 Å². The van der Waals surface area contributed by atoms with E-state index in [1.165, 1.54) is 0 Å². The Balaban J connectivity index is 3.53. The molecule has 0 bridgehead atoms. The molecule has 15 heavy (non-hydrogen) atoms. The average molecular weight is 270 g/mol. The van der Waals surface area contributed by atoms with Gasteiger partial charge in [-0.15, -0.1) is 0 Å². The number of ether oxygens (including phenoxy) is 2. The average Bonchev–Trinajstić information content (AvgIpc) is 2.27. The van der Waals surface area contributed by atoms with Crippen LogP contribution in [-0.2, 0) is 6.42 Å². The first-order valence-corrected chi connectivity index (χ1v) is 5.32. The number of methoxy groups -OCH3 is 2. The molecule has 4 heteroatoms. The lowest BCUT2D eigenvalue weighted by Gasteiger charge is -2.14. The molecule has 0 amide bonds. The Bertz CT molecular complexity index is 410. The van der Waals surface area contributed by atoms with Gasteiger partial charge in [0, 0.05) is 5.56 Å². The number of rotatable bonds is 3. The molecule has 0 aromatic heterocycles. The minimum absolute atomic E-state index is 0.613. The van der Waals surface area contributed by atoms with Crippen LogP contribution in [0.5, 0.6) is 11.5 Å². The van der Waals surface area contributed by atoms with Gasteiger partial charge in [-0.25, -0.2) is 0 Å². The lowest BCUT2D eigenvalue weighted by atomic mass is 10.0. The van der Waals surface area contributed by atoms with E-state index in [0.29, 0.717) is 17.1 Å². The van der Waals surface area contributed by atoms with E-state index in [1.54, 1.807) is 20.3 Å². The fourth-order valence-electron chi connectivity index (χ4n) is 1.50. The molecule has 80 valence electrons. The molecule has 3 nitrogen and oxygen atoms in total. The minimum atomic E-state index is 0.613. The Labute approximate surface area is 97.7 Å². The minimum Gasteiger partial charge on any atom is -0.492 e. The smallest absolute Gasteiger partial charge is 0.175 e. The van der Waals surface area contributed by atoms with Gasteiger partial charge in [0.1, 0.15) is 0 Å². The Morgan fingerprint density at radius 3 is 2.33 bits per heavy atom. The van der Waals surface area contributed by atoms with Gasteiger partial charge in [0.2, 0.25) is 0 Å². The summed E-state index contributed by atoms with van der Waals surface area (Å²) >= 11 is 3.35. The van der Waals surface area contributed by atoms with E-state index < -0.39 is 0 Å². The number of hydrogen-bond donors (Lipinski definition) is 0. The highest BCUT2D eigenvalue weighted by molar-refractivity contribution is 9.10. The van der Waals surface area contributed by atoms with E-state index in [1.807, 2.05) is 6.92 Å². The summed E-state index contributed by atoms with van der Waals surface area (Å²) in [6.45, 7) is 1.98. The van der Waals surface area contributed by atoms with Crippen molar-refractivity contribution in [3.05, 3.63) is 21.7 Å². The van der Waals surface area contributed by atoms with Gasteiger partial charge in [0.05, 0.1) is 30.3 Å². The van der Waals surface area contributed by atoms with Gasteiger partial charge >= 0.3 is 0 Å². The van der Waals surface area contributed by atoms with Crippen LogP contribution in [0.1, 0.15) is 18.1 Å². The number of hydrogen-bond acceptors (Lipinski definition) is 3. The van der Waals surface area contributed by atoms with Crippen molar-refractivity contribution < 1.29 is 9.47 Å². The number of nitriles is 1. The molecule has 1 aromatic rings. The monoisotopic (exact) mass is 269 g/mol. The van der Waals surface area contributed by atoms with E-state index in [-0.39, 0.29) is 0 Å². The van der Waals surface area contributed by atoms with Gasteiger partial charge in [-0.1, -0.05) is 6.92 Å².